The van der Waals surface area contributed by atoms with Gasteiger partial charge in [-0.1, -0.05) is 37.3 Å². The minimum absolute atomic E-state index is 0.268. The number of benzene rings is 1. The molecule has 0 fully saturated rings. The van der Waals surface area contributed by atoms with Crippen LogP contribution in [0.25, 0.3) is 0 Å². The number of aromatic nitrogens is 2. The van der Waals surface area contributed by atoms with E-state index in [1.54, 1.807) is 0 Å². The highest BCUT2D eigenvalue weighted by atomic mass is 15.3. The van der Waals surface area contributed by atoms with Crippen molar-refractivity contribution in [3.8, 4) is 0 Å². The van der Waals surface area contributed by atoms with Crippen molar-refractivity contribution in [3.63, 3.8) is 0 Å². The molecule has 0 amide bonds. The summed E-state index contributed by atoms with van der Waals surface area (Å²) < 4.78 is 2.04. The molecule has 3 heteroatoms. The standard InChI is InChI=1S/C17H25N3/c1-4-14(2)20-11-10-16(19-20)13-17(3,18)12-15-8-6-5-7-9-15/h5-11,14H,4,12-13,18H2,1-3H3. The van der Waals surface area contributed by atoms with Gasteiger partial charge < -0.3 is 5.73 Å². The SMILES string of the molecule is CCC(C)n1ccc(CC(C)(N)Cc2ccccc2)n1. The number of rotatable bonds is 6. The fourth-order valence-corrected chi connectivity index (χ4v) is 2.44. The summed E-state index contributed by atoms with van der Waals surface area (Å²) in [4.78, 5) is 0. The van der Waals surface area contributed by atoms with E-state index in [4.69, 9.17) is 5.73 Å². The molecule has 0 saturated carbocycles. The van der Waals surface area contributed by atoms with Gasteiger partial charge >= 0.3 is 0 Å². The van der Waals surface area contributed by atoms with Crippen molar-refractivity contribution < 1.29 is 0 Å². The van der Waals surface area contributed by atoms with Crippen molar-refractivity contribution in [1.29, 1.82) is 0 Å². The van der Waals surface area contributed by atoms with E-state index in [0.29, 0.717) is 6.04 Å². The predicted molar refractivity (Wildman–Crippen MR) is 83.7 cm³/mol. The van der Waals surface area contributed by atoms with E-state index in [-0.39, 0.29) is 5.54 Å². The molecule has 0 radical (unpaired) electrons. The molecule has 1 aromatic carbocycles. The van der Waals surface area contributed by atoms with Crippen LogP contribution in [0.2, 0.25) is 0 Å². The lowest BCUT2D eigenvalue weighted by Gasteiger charge is -2.23. The summed E-state index contributed by atoms with van der Waals surface area (Å²) in [6, 6.07) is 12.9. The summed E-state index contributed by atoms with van der Waals surface area (Å²) in [5.74, 6) is 0. The van der Waals surface area contributed by atoms with Gasteiger partial charge in [0.25, 0.3) is 0 Å². The normalized spacial score (nSPS) is 15.8. The van der Waals surface area contributed by atoms with Crippen molar-refractivity contribution in [1.82, 2.24) is 9.78 Å². The smallest absolute Gasteiger partial charge is 0.0643 e. The summed E-state index contributed by atoms with van der Waals surface area (Å²) in [6.45, 7) is 6.46. The van der Waals surface area contributed by atoms with E-state index in [1.807, 2.05) is 10.7 Å². The number of hydrogen-bond donors (Lipinski definition) is 1. The van der Waals surface area contributed by atoms with Gasteiger partial charge in [-0.25, -0.2) is 0 Å². The number of nitrogens with two attached hydrogens (primary N) is 1. The molecule has 108 valence electrons. The average Bonchev–Trinajstić information content (AvgIpc) is 2.86. The van der Waals surface area contributed by atoms with Crippen LogP contribution in [-0.2, 0) is 12.8 Å². The third-order valence-electron chi connectivity index (χ3n) is 3.74. The van der Waals surface area contributed by atoms with Crippen molar-refractivity contribution >= 4 is 0 Å². The molecule has 2 rings (SSSR count). The Kier molecular flexibility index (Phi) is 4.61. The quantitative estimate of drug-likeness (QED) is 0.875. The first-order valence-corrected chi connectivity index (χ1v) is 7.37. The first kappa shape index (κ1) is 14.8. The highest BCUT2D eigenvalue weighted by Crippen LogP contribution is 2.17. The first-order valence-electron chi connectivity index (χ1n) is 7.37. The number of hydrogen-bond acceptors (Lipinski definition) is 2. The van der Waals surface area contributed by atoms with E-state index in [2.05, 4.69) is 62.4 Å². The van der Waals surface area contributed by atoms with E-state index < -0.39 is 0 Å². The lowest BCUT2D eigenvalue weighted by molar-refractivity contribution is 0.439. The molecule has 0 saturated heterocycles. The Balaban J connectivity index is 2.02. The molecule has 2 N–H and O–H groups in total. The Morgan fingerprint density at radius 3 is 2.55 bits per heavy atom. The van der Waals surface area contributed by atoms with Gasteiger partial charge in [-0.15, -0.1) is 0 Å². The van der Waals surface area contributed by atoms with Crippen LogP contribution >= 0.6 is 0 Å². The molecule has 2 unspecified atom stereocenters. The molecule has 0 bridgehead atoms. The highest BCUT2D eigenvalue weighted by molar-refractivity contribution is 5.18. The van der Waals surface area contributed by atoms with Crippen LogP contribution in [0.15, 0.2) is 42.6 Å². The van der Waals surface area contributed by atoms with E-state index in [1.165, 1.54) is 5.56 Å². The third-order valence-corrected chi connectivity index (χ3v) is 3.74. The van der Waals surface area contributed by atoms with Crippen LogP contribution < -0.4 is 5.73 Å². The molecular weight excluding hydrogens is 246 g/mol. The lowest BCUT2D eigenvalue weighted by atomic mass is 9.89. The van der Waals surface area contributed by atoms with E-state index >= 15 is 0 Å². The van der Waals surface area contributed by atoms with Crippen LogP contribution in [0.3, 0.4) is 0 Å². The Hall–Kier alpha value is -1.61. The van der Waals surface area contributed by atoms with Crippen molar-refractivity contribution in [2.75, 3.05) is 0 Å². The zero-order chi connectivity index (χ0) is 14.6. The van der Waals surface area contributed by atoms with Gasteiger partial charge in [-0.2, -0.15) is 5.10 Å². The molecule has 0 spiro atoms. The van der Waals surface area contributed by atoms with Gasteiger partial charge in [0.05, 0.1) is 5.69 Å². The zero-order valence-corrected chi connectivity index (χ0v) is 12.7. The predicted octanol–water partition coefficient (Wildman–Crippen LogP) is 3.36. The molecule has 1 aromatic heterocycles. The third kappa shape index (κ3) is 3.94. The molecule has 20 heavy (non-hydrogen) atoms. The second kappa shape index (κ2) is 6.23. The van der Waals surface area contributed by atoms with Gasteiger partial charge in [-0.3, -0.25) is 4.68 Å². The topological polar surface area (TPSA) is 43.8 Å². The van der Waals surface area contributed by atoms with Crippen LogP contribution in [0.4, 0.5) is 0 Å². The largest absolute Gasteiger partial charge is 0.325 e. The van der Waals surface area contributed by atoms with Gasteiger partial charge in [0.2, 0.25) is 0 Å². The minimum Gasteiger partial charge on any atom is -0.325 e. The second-order valence-corrected chi connectivity index (χ2v) is 6.04. The van der Waals surface area contributed by atoms with Crippen molar-refractivity contribution in [3.05, 3.63) is 53.9 Å². The van der Waals surface area contributed by atoms with Crippen molar-refractivity contribution in [2.45, 2.75) is 51.6 Å². The van der Waals surface area contributed by atoms with Crippen molar-refractivity contribution in [2.24, 2.45) is 5.73 Å². The van der Waals surface area contributed by atoms with Crippen LogP contribution in [0, 0.1) is 0 Å². The molecule has 1 heterocycles. The summed E-state index contributed by atoms with van der Waals surface area (Å²) in [5.41, 5.74) is 8.53. The Morgan fingerprint density at radius 2 is 1.90 bits per heavy atom. The van der Waals surface area contributed by atoms with Crippen LogP contribution in [-0.4, -0.2) is 15.3 Å². The number of nitrogens with zero attached hydrogens (tertiary/aromatic N) is 2. The monoisotopic (exact) mass is 271 g/mol. The maximum absolute atomic E-state index is 6.45. The zero-order valence-electron chi connectivity index (χ0n) is 12.7. The Bertz CT molecular complexity index is 528. The summed E-state index contributed by atoms with van der Waals surface area (Å²) in [5, 5.41) is 4.64. The fourth-order valence-electron chi connectivity index (χ4n) is 2.44. The van der Waals surface area contributed by atoms with Gasteiger partial charge in [0, 0.05) is 24.2 Å². The molecule has 2 atom stereocenters. The maximum Gasteiger partial charge on any atom is 0.0643 e. The summed E-state index contributed by atoms with van der Waals surface area (Å²) in [7, 11) is 0. The Morgan fingerprint density at radius 1 is 1.20 bits per heavy atom. The van der Waals surface area contributed by atoms with Gasteiger partial charge in [0.1, 0.15) is 0 Å². The van der Waals surface area contributed by atoms with Crippen LogP contribution in [0.5, 0.6) is 0 Å². The Labute approximate surface area is 121 Å². The van der Waals surface area contributed by atoms with Gasteiger partial charge in [-0.05, 0) is 38.3 Å². The summed E-state index contributed by atoms with van der Waals surface area (Å²) >= 11 is 0. The maximum atomic E-state index is 6.45. The first-order chi connectivity index (χ1) is 9.50. The fraction of sp³-hybridized carbons (Fsp3) is 0.471. The van der Waals surface area contributed by atoms with Gasteiger partial charge in [0.15, 0.2) is 0 Å². The second-order valence-electron chi connectivity index (χ2n) is 6.04. The highest BCUT2D eigenvalue weighted by Gasteiger charge is 2.21. The van der Waals surface area contributed by atoms with E-state index in [9.17, 15) is 0 Å². The lowest BCUT2D eigenvalue weighted by Crippen LogP contribution is -2.41. The summed E-state index contributed by atoms with van der Waals surface area (Å²) in [6.07, 6.45) is 4.81. The van der Waals surface area contributed by atoms with Crippen LogP contribution in [0.1, 0.15) is 44.5 Å². The van der Waals surface area contributed by atoms with E-state index in [0.717, 1.165) is 25.0 Å². The molecule has 2 aromatic rings. The molecular formula is C17H25N3. The minimum atomic E-state index is -0.268. The molecule has 3 nitrogen and oxygen atoms in total. The molecule has 0 aliphatic carbocycles. The average molecular weight is 271 g/mol. The molecule has 0 aliphatic heterocycles. The molecule has 0 aliphatic rings.